The molecule has 0 unspecified atom stereocenters. The zero-order valence-corrected chi connectivity index (χ0v) is 11.9. The predicted molar refractivity (Wildman–Crippen MR) is 75.6 cm³/mol. The van der Waals surface area contributed by atoms with Crippen molar-refractivity contribution in [2.45, 2.75) is 12.4 Å². The third-order valence-corrected chi connectivity index (χ3v) is 3.25. The first-order valence-corrected chi connectivity index (χ1v) is 6.59. The smallest absolute Gasteiger partial charge is 0.193 e. The first kappa shape index (κ1) is 17.6. The van der Waals surface area contributed by atoms with E-state index in [0.29, 0.717) is 6.08 Å². The highest BCUT2D eigenvalue weighted by atomic mass is 19.4. The molecule has 0 saturated heterocycles. The van der Waals surface area contributed by atoms with Gasteiger partial charge in [-0.3, -0.25) is 0 Å². The summed E-state index contributed by atoms with van der Waals surface area (Å²) in [5, 5.41) is 8.86. The lowest BCUT2D eigenvalue weighted by atomic mass is 9.90. The van der Waals surface area contributed by atoms with Gasteiger partial charge in [-0.25, -0.2) is 0 Å². The predicted octanol–water partition coefficient (Wildman–Crippen LogP) is 5.68. The monoisotopic (exact) mass is 341 g/mol. The molecule has 0 aliphatic heterocycles. The number of nitriles is 1. The lowest BCUT2D eigenvalue weighted by molar-refractivity contribution is -0.138. The lowest BCUT2D eigenvalue weighted by Gasteiger charge is -2.18. The van der Waals surface area contributed by atoms with Crippen molar-refractivity contribution >= 4 is 5.57 Å². The van der Waals surface area contributed by atoms with Crippen LogP contribution in [0.25, 0.3) is 5.57 Å². The van der Waals surface area contributed by atoms with E-state index in [1.807, 2.05) is 0 Å². The Morgan fingerprint density at radius 2 is 1.12 bits per heavy atom. The Balaban J connectivity index is 2.78. The third kappa shape index (κ3) is 3.59. The summed E-state index contributed by atoms with van der Waals surface area (Å²) in [6, 6.07) is 9.93. The van der Waals surface area contributed by atoms with Crippen molar-refractivity contribution < 1.29 is 26.3 Å². The number of halogens is 6. The Hall–Kier alpha value is -2.75. The summed E-state index contributed by atoms with van der Waals surface area (Å²) in [6.45, 7) is 0. The molecule has 2 aromatic rings. The molecule has 1 nitrogen and oxygen atoms in total. The topological polar surface area (TPSA) is 23.8 Å². The van der Waals surface area contributed by atoms with Crippen LogP contribution in [0.3, 0.4) is 0 Å². The van der Waals surface area contributed by atoms with Crippen molar-refractivity contribution in [2.24, 2.45) is 0 Å². The van der Waals surface area contributed by atoms with Crippen LogP contribution in [-0.2, 0) is 12.4 Å². The summed E-state index contributed by atoms with van der Waals surface area (Å²) in [7, 11) is 0. The normalized spacial score (nSPS) is 11.7. The molecular weight excluding hydrogens is 332 g/mol. The van der Waals surface area contributed by atoms with Gasteiger partial charge in [0.15, 0.2) is 0 Å². The molecule has 0 spiro atoms. The van der Waals surface area contributed by atoms with E-state index in [4.69, 9.17) is 5.26 Å². The molecule has 0 aliphatic rings. The summed E-state index contributed by atoms with van der Waals surface area (Å²) >= 11 is 0. The minimum atomic E-state index is -4.77. The maximum Gasteiger partial charge on any atom is 0.417 e. The highest BCUT2D eigenvalue weighted by Crippen LogP contribution is 2.41. The minimum absolute atomic E-state index is 0.432. The van der Waals surface area contributed by atoms with Gasteiger partial charge >= 0.3 is 12.4 Å². The van der Waals surface area contributed by atoms with Crippen LogP contribution in [0.5, 0.6) is 0 Å². The minimum Gasteiger partial charge on any atom is -0.193 e. The number of nitrogens with zero attached hydrogens (tertiary/aromatic N) is 1. The second-order valence-electron chi connectivity index (χ2n) is 4.77. The van der Waals surface area contributed by atoms with E-state index in [9.17, 15) is 26.3 Å². The molecule has 7 heteroatoms. The van der Waals surface area contributed by atoms with E-state index in [1.54, 1.807) is 0 Å². The fourth-order valence-electron chi connectivity index (χ4n) is 2.30. The summed E-state index contributed by atoms with van der Waals surface area (Å²) in [5.41, 5.74) is -3.61. The third-order valence-electron chi connectivity index (χ3n) is 3.25. The van der Waals surface area contributed by atoms with Crippen molar-refractivity contribution in [2.75, 3.05) is 0 Å². The molecule has 0 N–H and O–H groups in total. The number of allylic oxidation sites excluding steroid dienone is 1. The van der Waals surface area contributed by atoms with Gasteiger partial charge in [-0.15, -0.1) is 0 Å². The van der Waals surface area contributed by atoms with Crippen molar-refractivity contribution in [1.82, 2.24) is 0 Å². The summed E-state index contributed by atoms with van der Waals surface area (Å²) in [6.07, 6.45) is -8.84. The molecule has 2 rings (SSSR count). The largest absolute Gasteiger partial charge is 0.417 e. The molecule has 0 heterocycles. The van der Waals surface area contributed by atoms with Crippen LogP contribution in [0.15, 0.2) is 54.6 Å². The van der Waals surface area contributed by atoms with Gasteiger partial charge in [0.25, 0.3) is 0 Å². The standard InChI is InChI=1S/C17H9F6N/c18-16(19,20)14-7-3-1-5-12(14)11(9-10-24)13-6-2-4-8-15(13)17(21,22)23/h1-9H. The van der Waals surface area contributed by atoms with Crippen LogP contribution in [0, 0.1) is 11.3 Å². The van der Waals surface area contributed by atoms with E-state index in [1.165, 1.54) is 18.2 Å². The van der Waals surface area contributed by atoms with Crippen LogP contribution in [-0.4, -0.2) is 0 Å². The van der Waals surface area contributed by atoms with E-state index < -0.39 is 40.2 Å². The first-order chi connectivity index (χ1) is 11.2. The summed E-state index contributed by atoms with van der Waals surface area (Å²) < 4.78 is 79.0. The van der Waals surface area contributed by atoms with Gasteiger partial charge in [-0.1, -0.05) is 36.4 Å². The second-order valence-corrected chi connectivity index (χ2v) is 4.77. The number of hydrogen-bond donors (Lipinski definition) is 0. The Kier molecular flexibility index (Phi) is 4.69. The van der Waals surface area contributed by atoms with Gasteiger partial charge in [-0.05, 0) is 23.3 Å². The zero-order chi connectivity index (χ0) is 18.0. The average molecular weight is 341 g/mol. The van der Waals surface area contributed by atoms with Crippen molar-refractivity contribution in [3.63, 3.8) is 0 Å². The Labute approximate surface area is 133 Å². The maximum absolute atomic E-state index is 13.2. The highest BCUT2D eigenvalue weighted by Gasteiger charge is 2.37. The Morgan fingerprint density at radius 3 is 1.46 bits per heavy atom. The molecule has 124 valence electrons. The highest BCUT2D eigenvalue weighted by molar-refractivity contribution is 5.84. The molecule has 2 aromatic carbocycles. The Morgan fingerprint density at radius 1 is 0.750 bits per heavy atom. The lowest BCUT2D eigenvalue weighted by Crippen LogP contribution is -2.12. The van der Waals surface area contributed by atoms with Gasteiger partial charge in [0, 0.05) is 11.6 Å². The molecule has 0 bridgehead atoms. The van der Waals surface area contributed by atoms with Crippen molar-refractivity contribution in [3.05, 3.63) is 76.9 Å². The molecule has 0 aliphatic carbocycles. The van der Waals surface area contributed by atoms with Crippen molar-refractivity contribution in [3.8, 4) is 6.07 Å². The van der Waals surface area contributed by atoms with Gasteiger partial charge < -0.3 is 0 Å². The quantitative estimate of drug-likeness (QED) is 0.509. The average Bonchev–Trinajstić information content (AvgIpc) is 2.51. The molecule has 0 aromatic heterocycles. The number of benzene rings is 2. The van der Waals surface area contributed by atoms with Crippen LogP contribution in [0.1, 0.15) is 22.3 Å². The molecule has 0 amide bonds. The maximum atomic E-state index is 13.2. The van der Waals surface area contributed by atoms with Gasteiger partial charge in [0.2, 0.25) is 0 Å². The van der Waals surface area contributed by atoms with E-state index in [-0.39, 0.29) is 0 Å². The van der Waals surface area contributed by atoms with E-state index >= 15 is 0 Å². The zero-order valence-electron chi connectivity index (χ0n) is 11.9. The second kappa shape index (κ2) is 6.40. The van der Waals surface area contributed by atoms with Gasteiger partial charge in [0.05, 0.1) is 17.2 Å². The molecule has 0 fully saturated rings. The van der Waals surface area contributed by atoms with Crippen molar-refractivity contribution in [1.29, 1.82) is 5.26 Å². The molecular formula is C17H9F6N. The molecule has 0 radical (unpaired) electrons. The fourth-order valence-corrected chi connectivity index (χ4v) is 2.30. The van der Waals surface area contributed by atoms with Crippen LogP contribution < -0.4 is 0 Å². The van der Waals surface area contributed by atoms with E-state index in [0.717, 1.165) is 36.4 Å². The van der Waals surface area contributed by atoms with Gasteiger partial charge in [-0.2, -0.15) is 31.6 Å². The molecule has 0 atom stereocenters. The SMILES string of the molecule is N#CC=C(c1ccccc1C(F)(F)F)c1ccccc1C(F)(F)F. The number of rotatable bonds is 2. The Bertz CT molecular complexity index is 749. The number of hydrogen-bond acceptors (Lipinski definition) is 1. The van der Waals surface area contributed by atoms with E-state index in [2.05, 4.69) is 0 Å². The molecule has 0 saturated carbocycles. The van der Waals surface area contributed by atoms with Gasteiger partial charge in [0.1, 0.15) is 0 Å². The first-order valence-electron chi connectivity index (χ1n) is 6.59. The van der Waals surface area contributed by atoms with Crippen LogP contribution >= 0.6 is 0 Å². The molecule has 24 heavy (non-hydrogen) atoms. The fraction of sp³-hybridized carbons (Fsp3) is 0.118. The number of alkyl halides is 6. The summed E-state index contributed by atoms with van der Waals surface area (Å²) in [4.78, 5) is 0. The van der Waals surface area contributed by atoms with Crippen LogP contribution in [0.2, 0.25) is 0 Å². The van der Waals surface area contributed by atoms with Crippen LogP contribution in [0.4, 0.5) is 26.3 Å². The summed E-state index contributed by atoms with van der Waals surface area (Å²) in [5.74, 6) is 0.